The summed E-state index contributed by atoms with van der Waals surface area (Å²) in [6.45, 7) is 1.32. The van der Waals surface area contributed by atoms with E-state index < -0.39 is 18.1 Å². The van der Waals surface area contributed by atoms with E-state index in [1.54, 1.807) is 18.2 Å². The van der Waals surface area contributed by atoms with Crippen molar-refractivity contribution in [3.63, 3.8) is 0 Å². The topological polar surface area (TPSA) is 81.8 Å². The first-order valence-electron chi connectivity index (χ1n) is 7.35. The zero-order valence-electron chi connectivity index (χ0n) is 13.6. The molecule has 0 saturated carbocycles. The minimum atomic E-state index is -0.735. The van der Waals surface area contributed by atoms with Crippen molar-refractivity contribution in [1.82, 2.24) is 0 Å². The fourth-order valence-electron chi connectivity index (χ4n) is 2.34. The summed E-state index contributed by atoms with van der Waals surface area (Å²) in [7, 11) is 1.48. The normalized spacial score (nSPS) is 12.7. The molecule has 2 aromatic rings. The predicted octanol–water partition coefficient (Wildman–Crippen LogP) is 2.65. The lowest BCUT2D eigenvalue weighted by Gasteiger charge is -2.20. The smallest absolute Gasteiger partial charge is 0.308 e. The Morgan fingerprint density at radius 3 is 2.42 bits per heavy atom. The zero-order valence-corrected chi connectivity index (χ0v) is 14.5. The molecule has 0 aliphatic carbocycles. The van der Waals surface area contributed by atoms with Gasteiger partial charge in [-0.25, -0.2) is 0 Å². The van der Waals surface area contributed by atoms with Gasteiger partial charge in [0.15, 0.2) is 11.5 Å². The van der Waals surface area contributed by atoms with E-state index in [0.29, 0.717) is 23.5 Å². The van der Waals surface area contributed by atoms with Gasteiger partial charge in [0.05, 0.1) is 19.3 Å². The second-order valence-corrected chi connectivity index (χ2v) is 5.29. The van der Waals surface area contributed by atoms with Crippen molar-refractivity contribution in [3.8, 4) is 11.5 Å². The van der Waals surface area contributed by atoms with Gasteiger partial charge in [0, 0.05) is 13.3 Å². The molecule has 2 rings (SSSR count). The quantitative estimate of drug-likeness (QED) is 0.617. The van der Waals surface area contributed by atoms with Crippen LogP contribution < -0.4 is 15.2 Å². The fraction of sp³-hybridized carbons (Fsp3) is 0.278. The SMILES string of the molecule is COc1cc([C@@H](N)[C@@H](O)Cc2ccccc2)ccc1OC(C)=O.Cl. The molecule has 0 bridgehead atoms. The summed E-state index contributed by atoms with van der Waals surface area (Å²) in [5.74, 6) is 0.304. The van der Waals surface area contributed by atoms with Gasteiger partial charge in [-0.2, -0.15) is 0 Å². The third-order valence-electron chi connectivity index (χ3n) is 3.53. The summed E-state index contributed by atoms with van der Waals surface area (Å²) in [4.78, 5) is 11.1. The molecular weight excluding hydrogens is 330 g/mol. The number of halogens is 1. The van der Waals surface area contributed by atoms with E-state index in [2.05, 4.69) is 0 Å². The van der Waals surface area contributed by atoms with Crippen LogP contribution in [0.1, 0.15) is 24.1 Å². The lowest BCUT2D eigenvalue weighted by Crippen LogP contribution is -2.28. The number of hydrogen-bond acceptors (Lipinski definition) is 5. The average molecular weight is 352 g/mol. The number of carbonyl (C=O) groups excluding carboxylic acids is 1. The molecule has 0 heterocycles. The molecule has 6 heteroatoms. The first-order valence-corrected chi connectivity index (χ1v) is 7.35. The van der Waals surface area contributed by atoms with Crippen LogP contribution in [-0.2, 0) is 11.2 Å². The molecule has 0 amide bonds. The maximum Gasteiger partial charge on any atom is 0.308 e. The largest absolute Gasteiger partial charge is 0.493 e. The molecule has 2 aromatic carbocycles. The van der Waals surface area contributed by atoms with Gasteiger partial charge in [-0.05, 0) is 23.3 Å². The van der Waals surface area contributed by atoms with Crippen LogP contribution in [0.4, 0.5) is 0 Å². The molecule has 5 nitrogen and oxygen atoms in total. The molecule has 130 valence electrons. The van der Waals surface area contributed by atoms with Crippen LogP contribution in [0, 0.1) is 0 Å². The molecule has 0 aromatic heterocycles. The van der Waals surface area contributed by atoms with Crippen LogP contribution in [0.5, 0.6) is 11.5 Å². The molecule has 0 aliphatic heterocycles. The summed E-state index contributed by atoms with van der Waals surface area (Å²) in [6, 6.07) is 14.1. The molecule has 0 radical (unpaired) electrons. The van der Waals surface area contributed by atoms with Crippen molar-refractivity contribution >= 4 is 18.4 Å². The summed E-state index contributed by atoms with van der Waals surface area (Å²) in [6.07, 6.45) is -0.280. The highest BCUT2D eigenvalue weighted by molar-refractivity contribution is 5.85. The van der Waals surface area contributed by atoms with Gasteiger partial charge in [-0.15, -0.1) is 12.4 Å². The molecule has 3 N–H and O–H groups in total. The van der Waals surface area contributed by atoms with Crippen molar-refractivity contribution in [2.24, 2.45) is 5.73 Å². The second kappa shape index (κ2) is 9.27. The Morgan fingerprint density at radius 1 is 1.17 bits per heavy atom. The van der Waals surface area contributed by atoms with E-state index in [-0.39, 0.29) is 12.4 Å². The van der Waals surface area contributed by atoms with Crippen LogP contribution in [-0.4, -0.2) is 24.3 Å². The van der Waals surface area contributed by atoms with Gasteiger partial charge >= 0.3 is 5.97 Å². The zero-order chi connectivity index (χ0) is 16.8. The Labute approximate surface area is 147 Å². The van der Waals surface area contributed by atoms with Gasteiger partial charge in [-0.3, -0.25) is 4.79 Å². The monoisotopic (exact) mass is 351 g/mol. The van der Waals surface area contributed by atoms with E-state index in [1.165, 1.54) is 14.0 Å². The van der Waals surface area contributed by atoms with Crippen LogP contribution >= 0.6 is 12.4 Å². The van der Waals surface area contributed by atoms with Crippen molar-refractivity contribution in [2.75, 3.05) is 7.11 Å². The Bertz CT molecular complexity index is 663. The van der Waals surface area contributed by atoms with Gasteiger partial charge in [0.1, 0.15) is 0 Å². The van der Waals surface area contributed by atoms with Gasteiger partial charge in [0.25, 0.3) is 0 Å². The maximum atomic E-state index is 11.1. The third-order valence-corrected chi connectivity index (χ3v) is 3.53. The Balaban J connectivity index is 0.00000288. The highest BCUT2D eigenvalue weighted by Crippen LogP contribution is 2.31. The van der Waals surface area contributed by atoms with E-state index in [0.717, 1.165) is 5.56 Å². The summed E-state index contributed by atoms with van der Waals surface area (Å²) < 4.78 is 10.3. The molecule has 0 aliphatic rings. The van der Waals surface area contributed by atoms with Gasteiger partial charge < -0.3 is 20.3 Å². The van der Waals surface area contributed by atoms with Crippen molar-refractivity contribution < 1.29 is 19.4 Å². The number of carbonyl (C=O) groups is 1. The number of aliphatic hydroxyl groups is 1. The van der Waals surface area contributed by atoms with Gasteiger partial charge in [-0.1, -0.05) is 36.4 Å². The average Bonchev–Trinajstić information content (AvgIpc) is 2.55. The molecule has 0 unspecified atom stereocenters. The molecule has 0 spiro atoms. The summed E-state index contributed by atoms with van der Waals surface area (Å²) >= 11 is 0. The summed E-state index contributed by atoms with van der Waals surface area (Å²) in [5.41, 5.74) is 7.87. The maximum absolute atomic E-state index is 11.1. The summed E-state index contributed by atoms with van der Waals surface area (Å²) in [5, 5.41) is 10.4. The predicted molar refractivity (Wildman–Crippen MR) is 94.6 cm³/mol. The van der Waals surface area contributed by atoms with Crippen molar-refractivity contribution in [3.05, 3.63) is 59.7 Å². The Kier molecular flexibility index (Phi) is 7.71. The van der Waals surface area contributed by atoms with Gasteiger partial charge in [0.2, 0.25) is 0 Å². The number of methoxy groups -OCH3 is 1. The number of ether oxygens (including phenoxy) is 2. The number of hydrogen-bond donors (Lipinski definition) is 2. The van der Waals surface area contributed by atoms with Crippen LogP contribution in [0.15, 0.2) is 48.5 Å². The van der Waals surface area contributed by atoms with Crippen LogP contribution in [0.3, 0.4) is 0 Å². The van der Waals surface area contributed by atoms with Crippen LogP contribution in [0.25, 0.3) is 0 Å². The number of aliphatic hydroxyl groups excluding tert-OH is 1. The van der Waals surface area contributed by atoms with Crippen molar-refractivity contribution in [1.29, 1.82) is 0 Å². The van der Waals surface area contributed by atoms with Crippen LogP contribution in [0.2, 0.25) is 0 Å². The lowest BCUT2D eigenvalue weighted by atomic mass is 9.96. The number of rotatable bonds is 6. The van der Waals surface area contributed by atoms with E-state index >= 15 is 0 Å². The first kappa shape index (κ1) is 20.0. The fourth-order valence-corrected chi connectivity index (χ4v) is 2.34. The lowest BCUT2D eigenvalue weighted by molar-refractivity contribution is -0.132. The number of esters is 1. The molecular formula is C18H22ClNO4. The first-order chi connectivity index (χ1) is 11.0. The second-order valence-electron chi connectivity index (χ2n) is 5.29. The Hall–Kier alpha value is -2.08. The molecule has 0 fully saturated rings. The van der Waals surface area contributed by atoms with E-state index in [4.69, 9.17) is 15.2 Å². The minimum Gasteiger partial charge on any atom is -0.493 e. The number of benzene rings is 2. The van der Waals surface area contributed by atoms with Crippen molar-refractivity contribution in [2.45, 2.75) is 25.5 Å². The number of nitrogens with two attached hydrogens (primary N) is 1. The minimum absolute atomic E-state index is 0. The molecule has 2 atom stereocenters. The molecule has 0 saturated heterocycles. The van der Waals surface area contributed by atoms with E-state index in [1.807, 2.05) is 30.3 Å². The molecule has 24 heavy (non-hydrogen) atoms. The third kappa shape index (κ3) is 5.23. The standard InChI is InChI=1S/C18H21NO4.ClH/c1-12(20)23-16-9-8-14(11-17(16)22-2)18(19)15(21)10-13-6-4-3-5-7-13;/h3-9,11,15,18,21H,10,19H2,1-2H3;1H/t15-,18+;/m0./s1. The Morgan fingerprint density at radius 2 is 1.83 bits per heavy atom. The highest BCUT2D eigenvalue weighted by atomic mass is 35.5. The highest BCUT2D eigenvalue weighted by Gasteiger charge is 2.19. The van der Waals surface area contributed by atoms with E-state index in [9.17, 15) is 9.90 Å².